The number of hydrogen-bond acceptors (Lipinski definition) is 2. The Morgan fingerprint density at radius 2 is 1.68 bits per heavy atom. The molecule has 31 heavy (non-hydrogen) atoms. The Labute approximate surface area is 181 Å². The maximum Gasteiger partial charge on any atom is 0.416 e. The summed E-state index contributed by atoms with van der Waals surface area (Å²) in [6, 6.07) is 12.8. The van der Waals surface area contributed by atoms with Gasteiger partial charge in [-0.25, -0.2) is 0 Å². The van der Waals surface area contributed by atoms with Crippen molar-refractivity contribution in [2.24, 2.45) is 4.99 Å². The summed E-state index contributed by atoms with van der Waals surface area (Å²) in [5.74, 6) is 0.423. The quantitative estimate of drug-likeness (QED) is 0.459. The van der Waals surface area contributed by atoms with Crippen LogP contribution in [0.4, 0.5) is 13.2 Å². The molecule has 0 saturated heterocycles. The third-order valence-corrected chi connectivity index (χ3v) is 5.02. The number of hydrogen-bond donors (Lipinski definition) is 3. The van der Waals surface area contributed by atoms with Crippen LogP contribution >= 0.6 is 0 Å². The van der Waals surface area contributed by atoms with E-state index in [1.165, 1.54) is 12.1 Å². The maximum atomic E-state index is 13.0. The molecule has 8 heteroatoms. The van der Waals surface area contributed by atoms with Gasteiger partial charge in [-0.05, 0) is 35.7 Å². The molecule has 0 spiro atoms. The Kier molecular flexibility index (Phi) is 8.08. The zero-order valence-corrected chi connectivity index (χ0v) is 18.2. The first-order chi connectivity index (χ1) is 14.6. The smallest absolute Gasteiger partial charge is 0.356 e. The highest BCUT2D eigenvalue weighted by molar-refractivity contribution is 5.94. The molecule has 2 aromatic carbocycles. The number of nitrogens with zero attached hydrogens (tertiary/aromatic N) is 1. The molecule has 168 valence electrons. The van der Waals surface area contributed by atoms with Crippen LogP contribution < -0.4 is 16.0 Å². The topological polar surface area (TPSA) is 65.5 Å². The van der Waals surface area contributed by atoms with Crippen LogP contribution in [0, 0.1) is 0 Å². The van der Waals surface area contributed by atoms with Crippen LogP contribution in [0.5, 0.6) is 0 Å². The van der Waals surface area contributed by atoms with E-state index in [1.807, 2.05) is 32.0 Å². The second kappa shape index (κ2) is 10.3. The fourth-order valence-corrected chi connectivity index (χ4v) is 3.08. The van der Waals surface area contributed by atoms with Gasteiger partial charge >= 0.3 is 6.18 Å². The first kappa shape index (κ1) is 24.2. The Hall–Kier alpha value is -3.03. The lowest BCUT2D eigenvalue weighted by atomic mass is 9.84. The predicted molar refractivity (Wildman–Crippen MR) is 117 cm³/mol. The van der Waals surface area contributed by atoms with Gasteiger partial charge in [0, 0.05) is 38.2 Å². The van der Waals surface area contributed by atoms with Gasteiger partial charge in [0.2, 0.25) is 0 Å². The van der Waals surface area contributed by atoms with Crippen molar-refractivity contribution in [2.45, 2.75) is 31.9 Å². The van der Waals surface area contributed by atoms with Gasteiger partial charge in [0.1, 0.15) is 0 Å². The zero-order valence-electron chi connectivity index (χ0n) is 18.2. The van der Waals surface area contributed by atoms with Crippen molar-refractivity contribution in [3.8, 4) is 0 Å². The van der Waals surface area contributed by atoms with Crippen molar-refractivity contribution >= 4 is 11.9 Å². The highest BCUT2D eigenvalue weighted by Crippen LogP contribution is 2.32. The van der Waals surface area contributed by atoms with E-state index in [9.17, 15) is 18.0 Å². The summed E-state index contributed by atoms with van der Waals surface area (Å²) in [7, 11) is 3.23. The fraction of sp³-hybridized carbons (Fsp3) is 0.391. The number of alkyl halides is 3. The molecule has 0 heterocycles. The largest absolute Gasteiger partial charge is 0.416 e. The lowest BCUT2D eigenvalue weighted by Crippen LogP contribution is -2.44. The number of halogens is 3. The minimum Gasteiger partial charge on any atom is -0.356 e. The van der Waals surface area contributed by atoms with E-state index in [1.54, 1.807) is 26.2 Å². The molecule has 2 rings (SSSR count). The SMILES string of the molecule is CN=C(NCCc1cccc(C(=O)NC)c1)NCC(C)(C)c1cccc(C(F)(F)F)c1. The number of aliphatic imine (C=N–C) groups is 1. The van der Waals surface area contributed by atoms with Gasteiger partial charge < -0.3 is 16.0 Å². The third kappa shape index (κ3) is 7.01. The zero-order chi connectivity index (χ0) is 23.1. The summed E-state index contributed by atoms with van der Waals surface area (Å²) in [5, 5.41) is 8.99. The van der Waals surface area contributed by atoms with E-state index in [4.69, 9.17) is 0 Å². The third-order valence-electron chi connectivity index (χ3n) is 5.02. The summed E-state index contributed by atoms with van der Waals surface area (Å²) in [4.78, 5) is 15.9. The summed E-state index contributed by atoms with van der Waals surface area (Å²) in [5.41, 5.74) is 1.01. The van der Waals surface area contributed by atoms with Crippen LogP contribution in [0.15, 0.2) is 53.5 Å². The molecule has 0 fully saturated rings. The number of benzene rings is 2. The Morgan fingerprint density at radius 1 is 1.00 bits per heavy atom. The van der Waals surface area contributed by atoms with Gasteiger partial charge in [0.25, 0.3) is 5.91 Å². The number of guanidine groups is 1. The van der Waals surface area contributed by atoms with Gasteiger partial charge in [-0.15, -0.1) is 0 Å². The summed E-state index contributed by atoms with van der Waals surface area (Å²) in [6.45, 7) is 4.75. The molecule has 5 nitrogen and oxygen atoms in total. The molecule has 0 aliphatic rings. The van der Waals surface area contributed by atoms with E-state index in [-0.39, 0.29) is 5.91 Å². The normalized spacial score (nSPS) is 12.4. The molecular formula is C23H29F3N4O. The second-order valence-electron chi connectivity index (χ2n) is 7.84. The molecule has 2 aromatic rings. The highest BCUT2D eigenvalue weighted by atomic mass is 19.4. The van der Waals surface area contributed by atoms with E-state index < -0.39 is 17.2 Å². The molecule has 0 radical (unpaired) electrons. The van der Waals surface area contributed by atoms with Crippen molar-refractivity contribution < 1.29 is 18.0 Å². The van der Waals surface area contributed by atoms with Gasteiger partial charge in [0.05, 0.1) is 5.56 Å². The number of carbonyl (C=O) groups is 1. The van der Waals surface area contributed by atoms with Gasteiger partial charge in [-0.3, -0.25) is 9.79 Å². The lowest BCUT2D eigenvalue weighted by Gasteiger charge is -2.27. The standard InChI is InChI=1S/C23H29F3N4O/c1-22(2,18-9-6-10-19(14-18)23(24,25)26)15-30-21(28-4)29-12-11-16-7-5-8-17(13-16)20(31)27-3/h5-10,13-14H,11-12,15H2,1-4H3,(H,27,31)(H2,28,29,30). The molecule has 3 N–H and O–H groups in total. The number of carbonyl (C=O) groups excluding carboxylic acids is 1. The Bertz CT molecular complexity index is 923. The Balaban J connectivity index is 1.93. The first-order valence-corrected chi connectivity index (χ1v) is 10.00. The minimum atomic E-state index is -4.37. The van der Waals surface area contributed by atoms with E-state index in [0.29, 0.717) is 36.6 Å². The molecule has 0 atom stereocenters. The van der Waals surface area contributed by atoms with E-state index in [0.717, 1.165) is 11.6 Å². The van der Waals surface area contributed by atoms with Crippen LogP contribution in [0.3, 0.4) is 0 Å². The molecule has 0 aromatic heterocycles. The molecule has 0 aliphatic carbocycles. The fourth-order valence-electron chi connectivity index (χ4n) is 3.08. The van der Waals surface area contributed by atoms with Crippen LogP contribution in [0.25, 0.3) is 0 Å². The summed E-state index contributed by atoms with van der Waals surface area (Å²) < 4.78 is 39.1. The van der Waals surface area contributed by atoms with Crippen LogP contribution in [0.2, 0.25) is 0 Å². The van der Waals surface area contributed by atoms with Crippen LogP contribution in [-0.2, 0) is 18.0 Å². The van der Waals surface area contributed by atoms with Gasteiger partial charge in [-0.2, -0.15) is 13.2 Å². The lowest BCUT2D eigenvalue weighted by molar-refractivity contribution is -0.137. The molecule has 0 aliphatic heterocycles. The number of amides is 1. The van der Waals surface area contributed by atoms with Crippen molar-refractivity contribution in [3.05, 3.63) is 70.8 Å². The molecule has 0 unspecified atom stereocenters. The second-order valence-corrected chi connectivity index (χ2v) is 7.84. The van der Waals surface area contributed by atoms with E-state index >= 15 is 0 Å². The van der Waals surface area contributed by atoms with Crippen molar-refractivity contribution in [1.29, 1.82) is 0 Å². The van der Waals surface area contributed by atoms with Crippen molar-refractivity contribution in [2.75, 3.05) is 27.2 Å². The summed E-state index contributed by atoms with van der Waals surface area (Å²) >= 11 is 0. The molecule has 1 amide bonds. The monoisotopic (exact) mass is 434 g/mol. The maximum absolute atomic E-state index is 13.0. The average molecular weight is 435 g/mol. The predicted octanol–water partition coefficient (Wildman–Crippen LogP) is 3.75. The van der Waals surface area contributed by atoms with Crippen molar-refractivity contribution in [1.82, 2.24) is 16.0 Å². The van der Waals surface area contributed by atoms with Gasteiger partial charge in [-0.1, -0.05) is 44.2 Å². The summed E-state index contributed by atoms with van der Waals surface area (Å²) in [6.07, 6.45) is -3.69. The van der Waals surface area contributed by atoms with E-state index in [2.05, 4.69) is 20.9 Å². The highest BCUT2D eigenvalue weighted by Gasteiger charge is 2.32. The number of rotatable bonds is 7. The Morgan fingerprint density at radius 3 is 2.32 bits per heavy atom. The molecule has 0 saturated carbocycles. The molecular weight excluding hydrogens is 405 g/mol. The molecule has 0 bridgehead atoms. The average Bonchev–Trinajstić information content (AvgIpc) is 2.75. The van der Waals surface area contributed by atoms with Gasteiger partial charge in [0.15, 0.2) is 5.96 Å². The van der Waals surface area contributed by atoms with Crippen LogP contribution in [-0.4, -0.2) is 39.1 Å². The van der Waals surface area contributed by atoms with Crippen molar-refractivity contribution in [3.63, 3.8) is 0 Å². The number of nitrogens with one attached hydrogen (secondary N) is 3. The minimum absolute atomic E-state index is 0.135. The van der Waals surface area contributed by atoms with Crippen LogP contribution in [0.1, 0.15) is 40.9 Å². The first-order valence-electron chi connectivity index (χ1n) is 10.00.